The molecule has 0 heterocycles. The number of carbonyl (C=O) groups is 2. The van der Waals surface area contributed by atoms with Crippen molar-refractivity contribution in [1.82, 2.24) is 5.32 Å². The lowest BCUT2D eigenvalue weighted by molar-refractivity contribution is -0.138. The average molecular weight is 247 g/mol. The van der Waals surface area contributed by atoms with Crippen molar-refractivity contribution in [2.24, 2.45) is 0 Å². The maximum Gasteiger partial charge on any atom is 0.325 e. The third-order valence-electron chi connectivity index (χ3n) is 3.47. The zero-order valence-corrected chi connectivity index (χ0v) is 10.3. The number of carbonyl (C=O) groups excluding carboxylic acids is 1. The molecule has 0 spiro atoms. The number of benzene rings is 1. The zero-order valence-electron chi connectivity index (χ0n) is 10.3. The van der Waals surface area contributed by atoms with Gasteiger partial charge in [-0.1, -0.05) is 18.6 Å². The van der Waals surface area contributed by atoms with Crippen LogP contribution >= 0.6 is 0 Å². The van der Waals surface area contributed by atoms with Gasteiger partial charge < -0.3 is 10.4 Å². The Kier molecular flexibility index (Phi) is 3.65. The zero-order chi connectivity index (χ0) is 13.1. The van der Waals surface area contributed by atoms with Crippen LogP contribution in [-0.2, 0) is 4.79 Å². The largest absolute Gasteiger partial charge is 0.480 e. The molecule has 2 N–H and O–H groups in total. The van der Waals surface area contributed by atoms with Crippen molar-refractivity contribution in [2.45, 2.75) is 38.1 Å². The number of aliphatic carboxylic acids is 1. The number of amides is 1. The van der Waals surface area contributed by atoms with Gasteiger partial charge in [-0.25, -0.2) is 0 Å². The first kappa shape index (κ1) is 12.6. The summed E-state index contributed by atoms with van der Waals surface area (Å²) in [6, 6.07) is 6.58. The summed E-state index contributed by atoms with van der Waals surface area (Å²) in [7, 11) is 0. The van der Waals surface area contributed by atoms with Gasteiger partial charge in [0.2, 0.25) is 0 Å². The molecule has 2 rings (SSSR count). The van der Waals surface area contributed by atoms with E-state index in [9.17, 15) is 9.59 Å². The molecule has 1 aliphatic rings. The van der Waals surface area contributed by atoms with Crippen LogP contribution in [0.25, 0.3) is 0 Å². The summed E-state index contributed by atoms with van der Waals surface area (Å²) in [4.78, 5) is 22.4. The van der Waals surface area contributed by atoms with Crippen molar-refractivity contribution < 1.29 is 14.7 Å². The van der Waals surface area contributed by atoms with Gasteiger partial charge in [-0.15, -0.1) is 0 Å². The van der Waals surface area contributed by atoms with Gasteiger partial charge in [0.25, 0.3) is 5.91 Å². The minimum Gasteiger partial charge on any atom is -0.480 e. The maximum absolute atomic E-state index is 11.7. The summed E-state index contributed by atoms with van der Waals surface area (Å²) in [6.07, 6.45) is 3.73. The van der Waals surface area contributed by atoms with Crippen molar-refractivity contribution in [2.75, 3.05) is 0 Å². The van der Waals surface area contributed by atoms with E-state index in [1.54, 1.807) is 12.1 Å². The van der Waals surface area contributed by atoms with Crippen LogP contribution < -0.4 is 5.32 Å². The number of rotatable bonds is 4. The predicted molar refractivity (Wildman–Crippen MR) is 67.6 cm³/mol. The second-order valence-corrected chi connectivity index (χ2v) is 4.78. The normalized spacial score (nSPS) is 16.7. The highest BCUT2D eigenvalue weighted by molar-refractivity contribution is 5.96. The Balaban J connectivity index is 2.00. The highest BCUT2D eigenvalue weighted by atomic mass is 16.4. The molecule has 4 heteroatoms. The molecule has 0 bridgehead atoms. The minimum atomic E-state index is -1.03. The molecule has 1 atom stereocenters. The number of nitrogens with one attached hydrogen (secondary N) is 1. The van der Waals surface area contributed by atoms with Gasteiger partial charge in [0.1, 0.15) is 6.04 Å². The van der Waals surface area contributed by atoms with Crippen molar-refractivity contribution in [1.29, 1.82) is 0 Å². The van der Waals surface area contributed by atoms with Crippen LogP contribution in [0.3, 0.4) is 0 Å². The molecule has 96 valence electrons. The van der Waals surface area contributed by atoms with E-state index in [4.69, 9.17) is 5.11 Å². The Morgan fingerprint density at radius 1 is 1.28 bits per heavy atom. The lowest BCUT2D eigenvalue weighted by atomic mass is 9.80. The van der Waals surface area contributed by atoms with Crippen molar-refractivity contribution >= 4 is 11.9 Å². The van der Waals surface area contributed by atoms with Crippen LogP contribution in [0, 0.1) is 0 Å². The van der Waals surface area contributed by atoms with Gasteiger partial charge in [0, 0.05) is 5.56 Å². The number of hydrogen-bond acceptors (Lipinski definition) is 2. The van der Waals surface area contributed by atoms with Crippen LogP contribution in [0.5, 0.6) is 0 Å². The fraction of sp³-hybridized carbons (Fsp3) is 0.429. The van der Waals surface area contributed by atoms with E-state index in [1.807, 2.05) is 12.1 Å². The SMILES string of the molecule is CC(NC(=O)c1ccc(C2CCC2)cc1)C(=O)O. The summed E-state index contributed by atoms with van der Waals surface area (Å²) in [5.74, 6) is -0.737. The van der Waals surface area contributed by atoms with E-state index in [-0.39, 0.29) is 5.91 Å². The fourth-order valence-corrected chi connectivity index (χ4v) is 1.99. The first-order chi connectivity index (χ1) is 8.58. The molecule has 0 saturated heterocycles. The monoisotopic (exact) mass is 247 g/mol. The highest BCUT2D eigenvalue weighted by Gasteiger charge is 2.20. The third-order valence-corrected chi connectivity index (χ3v) is 3.47. The molecule has 18 heavy (non-hydrogen) atoms. The van der Waals surface area contributed by atoms with E-state index in [2.05, 4.69) is 5.32 Å². The second-order valence-electron chi connectivity index (χ2n) is 4.78. The maximum atomic E-state index is 11.7. The minimum absolute atomic E-state index is 0.343. The van der Waals surface area contributed by atoms with E-state index >= 15 is 0 Å². The molecule has 4 nitrogen and oxygen atoms in total. The molecule has 1 saturated carbocycles. The second kappa shape index (κ2) is 5.21. The van der Waals surface area contributed by atoms with E-state index in [0.717, 1.165) is 0 Å². The van der Waals surface area contributed by atoms with Crippen LogP contribution in [-0.4, -0.2) is 23.0 Å². The average Bonchev–Trinajstić information content (AvgIpc) is 2.27. The van der Waals surface area contributed by atoms with Gasteiger partial charge in [0.15, 0.2) is 0 Å². The molecule has 1 aromatic carbocycles. The van der Waals surface area contributed by atoms with Crippen LogP contribution in [0.15, 0.2) is 24.3 Å². The summed E-state index contributed by atoms with van der Waals surface area (Å²) < 4.78 is 0. The van der Waals surface area contributed by atoms with Gasteiger partial charge in [-0.2, -0.15) is 0 Å². The highest BCUT2D eigenvalue weighted by Crippen LogP contribution is 2.36. The lowest BCUT2D eigenvalue weighted by Gasteiger charge is -2.25. The molecule has 1 amide bonds. The molecule has 1 aromatic rings. The van der Waals surface area contributed by atoms with Gasteiger partial charge in [-0.05, 0) is 43.4 Å². The molecular formula is C14H17NO3. The van der Waals surface area contributed by atoms with E-state index in [0.29, 0.717) is 11.5 Å². The van der Waals surface area contributed by atoms with Gasteiger partial charge >= 0.3 is 5.97 Å². The quantitative estimate of drug-likeness (QED) is 0.856. The molecule has 1 fully saturated rings. The molecule has 0 aromatic heterocycles. The predicted octanol–water partition coefficient (Wildman–Crippen LogP) is 2.16. The lowest BCUT2D eigenvalue weighted by Crippen LogP contribution is -2.38. The molecule has 1 unspecified atom stereocenters. The van der Waals surface area contributed by atoms with Crippen LogP contribution in [0.2, 0.25) is 0 Å². The summed E-state index contributed by atoms with van der Waals surface area (Å²) in [5, 5.41) is 11.2. The van der Waals surface area contributed by atoms with Gasteiger partial charge in [0.05, 0.1) is 0 Å². The fourth-order valence-electron chi connectivity index (χ4n) is 1.99. The first-order valence-electron chi connectivity index (χ1n) is 6.21. The third kappa shape index (κ3) is 2.70. The number of hydrogen-bond donors (Lipinski definition) is 2. The molecule has 1 aliphatic carbocycles. The Hall–Kier alpha value is -1.84. The summed E-state index contributed by atoms with van der Waals surface area (Å²) in [5.41, 5.74) is 1.77. The van der Waals surface area contributed by atoms with Crippen molar-refractivity contribution in [3.05, 3.63) is 35.4 Å². The Morgan fingerprint density at radius 2 is 1.89 bits per heavy atom. The Morgan fingerprint density at radius 3 is 2.33 bits per heavy atom. The Bertz CT molecular complexity index is 449. The van der Waals surface area contributed by atoms with E-state index in [1.165, 1.54) is 31.7 Å². The number of carboxylic acids is 1. The van der Waals surface area contributed by atoms with Gasteiger partial charge in [-0.3, -0.25) is 9.59 Å². The van der Waals surface area contributed by atoms with E-state index < -0.39 is 12.0 Å². The standard InChI is InChI=1S/C14H17NO3/c1-9(14(17)18)15-13(16)12-7-5-11(6-8-12)10-3-2-4-10/h5-10H,2-4H2,1H3,(H,15,16)(H,17,18). The van der Waals surface area contributed by atoms with Crippen LogP contribution in [0.1, 0.15) is 48.0 Å². The topological polar surface area (TPSA) is 66.4 Å². The molecular weight excluding hydrogens is 230 g/mol. The summed E-state index contributed by atoms with van der Waals surface area (Å²) >= 11 is 0. The molecule has 0 radical (unpaired) electrons. The van der Waals surface area contributed by atoms with Crippen molar-refractivity contribution in [3.8, 4) is 0 Å². The number of carboxylic acid groups (broad SMARTS) is 1. The smallest absolute Gasteiger partial charge is 0.325 e. The van der Waals surface area contributed by atoms with Crippen LogP contribution in [0.4, 0.5) is 0 Å². The summed E-state index contributed by atoms with van der Waals surface area (Å²) in [6.45, 7) is 1.45. The Labute approximate surface area is 106 Å². The molecule has 0 aliphatic heterocycles. The van der Waals surface area contributed by atoms with Crippen molar-refractivity contribution in [3.63, 3.8) is 0 Å². The first-order valence-corrected chi connectivity index (χ1v) is 6.21.